The van der Waals surface area contributed by atoms with Crippen molar-refractivity contribution in [1.82, 2.24) is 0 Å². The van der Waals surface area contributed by atoms with Crippen LogP contribution in [-0.4, -0.2) is 0 Å². The molecule has 0 nitrogen and oxygen atoms in total. The van der Waals surface area contributed by atoms with Gasteiger partial charge in [0.25, 0.3) is 0 Å². The Morgan fingerprint density at radius 2 is 1.22 bits per heavy atom. The standard InChI is InChI=1S/C12H6F6/c1-2-4-3-5(13)8(14)7-6(4)9(15)11(17)12(18)10(7)16/h3H,2H2,1H3. The lowest BCUT2D eigenvalue weighted by Crippen LogP contribution is -2.04. The summed E-state index contributed by atoms with van der Waals surface area (Å²) in [4.78, 5) is 0. The van der Waals surface area contributed by atoms with Crippen LogP contribution >= 0.6 is 0 Å². The van der Waals surface area contributed by atoms with Gasteiger partial charge in [-0.2, -0.15) is 0 Å². The van der Waals surface area contributed by atoms with E-state index in [9.17, 15) is 26.3 Å². The number of benzene rings is 2. The maximum absolute atomic E-state index is 13.5. The maximum atomic E-state index is 13.5. The minimum absolute atomic E-state index is 0.00906. The Balaban J connectivity index is 3.14. The maximum Gasteiger partial charge on any atom is 0.198 e. The SMILES string of the molecule is CCc1cc(F)c(F)c2c(F)c(F)c(F)c(F)c12. The topological polar surface area (TPSA) is 0 Å². The summed E-state index contributed by atoms with van der Waals surface area (Å²) in [5.74, 6) is -11.0. The largest absolute Gasteiger partial charge is 0.204 e. The molecule has 0 saturated carbocycles. The molecule has 0 unspecified atom stereocenters. The van der Waals surface area contributed by atoms with Crippen LogP contribution in [-0.2, 0) is 6.42 Å². The van der Waals surface area contributed by atoms with E-state index in [1.54, 1.807) is 0 Å². The van der Waals surface area contributed by atoms with Crippen molar-refractivity contribution < 1.29 is 26.3 Å². The van der Waals surface area contributed by atoms with Gasteiger partial charge in [0.1, 0.15) is 0 Å². The van der Waals surface area contributed by atoms with Gasteiger partial charge in [-0.15, -0.1) is 0 Å². The van der Waals surface area contributed by atoms with Crippen LogP contribution in [0.15, 0.2) is 6.07 Å². The van der Waals surface area contributed by atoms with Gasteiger partial charge in [-0.1, -0.05) is 6.92 Å². The van der Waals surface area contributed by atoms with Crippen molar-refractivity contribution in [3.05, 3.63) is 46.5 Å². The van der Waals surface area contributed by atoms with E-state index in [1.807, 2.05) is 0 Å². The van der Waals surface area contributed by atoms with Gasteiger partial charge < -0.3 is 0 Å². The zero-order valence-electron chi connectivity index (χ0n) is 9.05. The van der Waals surface area contributed by atoms with Crippen LogP contribution in [0.25, 0.3) is 10.8 Å². The van der Waals surface area contributed by atoms with Crippen molar-refractivity contribution in [2.24, 2.45) is 0 Å². The number of rotatable bonds is 1. The third kappa shape index (κ3) is 1.55. The first-order valence-electron chi connectivity index (χ1n) is 5.02. The second-order valence-electron chi connectivity index (χ2n) is 3.69. The lowest BCUT2D eigenvalue weighted by atomic mass is 10.00. The van der Waals surface area contributed by atoms with E-state index >= 15 is 0 Å². The summed E-state index contributed by atoms with van der Waals surface area (Å²) in [5, 5.41) is -1.98. The van der Waals surface area contributed by atoms with Gasteiger partial charge in [-0.3, -0.25) is 0 Å². The minimum Gasteiger partial charge on any atom is -0.204 e. The Labute approximate surface area is 97.8 Å². The molecule has 2 aromatic carbocycles. The van der Waals surface area contributed by atoms with Crippen molar-refractivity contribution in [2.45, 2.75) is 13.3 Å². The third-order valence-electron chi connectivity index (χ3n) is 2.70. The van der Waals surface area contributed by atoms with E-state index < -0.39 is 45.7 Å². The van der Waals surface area contributed by atoms with Crippen molar-refractivity contribution >= 4 is 10.8 Å². The molecule has 0 amide bonds. The van der Waals surface area contributed by atoms with E-state index in [2.05, 4.69) is 0 Å². The highest BCUT2D eigenvalue weighted by Crippen LogP contribution is 2.32. The fourth-order valence-electron chi connectivity index (χ4n) is 1.83. The zero-order chi connectivity index (χ0) is 13.6. The molecule has 0 saturated heterocycles. The molecule has 0 N–H and O–H groups in total. The molecule has 0 aromatic heterocycles. The van der Waals surface area contributed by atoms with Gasteiger partial charge >= 0.3 is 0 Å². The van der Waals surface area contributed by atoms with Gasteiger partial charge in [0, 0.05) is 5.39 Å². The highest BCUT2D eigenvalue weighted by Gasteiger charge is 2.26. The van der Waals surface area contributed by atoms with Gasteiger partial charge in [0.05, 0.1) is 5.39 Å². The summed E-state index contributed by atoms with van der Waals surface area (Å²) < 4.78 is 79.5. The van der Waals surface area contributed by atoms with Crippen LogP contribution in [0.2, 0.25) is 0 Å². The molecule has 96 valence electrons. The van der Waals surface area contributed by atoms with Gasteiger partial charge in [0.15, 0.2) is 34.9 Å². The monoisotopic (exact) mass is 264 g/mol. The predicted molar refractivity (Wildman–Crippen MR) is 53.1 cm³/mol. The molecule has 0 fully saturated rings. The van der Waals surface area contributed by atoms with Crippen molar-refractivity contribution in [1.29, 1.82) is 0 Å². The molecule has 0 bridgehead atoms. The van der Waals surface area contributed by atoms with Crippen molar-refractivity contribution in [2.75, 3.05) is 0 Å². The summed E-state index contributed by atoms with van der Waals surface area (Å²) in [7, 11) is 0. The molecule has 2 aromatic rings. The zero-order valence-corrected chi connectivity index (χ0v) is 9.05. The molecule has 0 atom stereocenters. The van der Waals surface area contributed by atoms with Crippen LogP contribution in [0.5, 0.6) is 0 Å². The van der Waals surface area contributed by atoms with E-state index in [1.165, 1.54) is 6.92 Å². The van der Waals surface area contributed by atoms with Crippen molar-refractivity contribution in [3.8, 4) is 0 Å². The van der Waals surface area contributed by atoms with Crippen LogP contribution in [0, 0.1) is 34.9 Å². The fourth-order valence-corrected chi connectivity index (χ4v) is 1.83. The predicted octanol–water partition coefficient (Wildman–Crippen LogP) is 4.24. The van der Waals surface area contributed by atoms with E-state index in [0.717, 1.165) is 0 Å². The number of aryl methyl sites for hydroxylation is 1. The molecule has 0 aliphatic rings. The molecular formula is C12H6F6. The second kappa shape index (κ2) is 4.19. The highest BCUT2D eigenvalue weighted by molar-refractivity contribution is 5.88. The molecule has 0 spiro atoms. The average molecular weight is 264 g/mol. The molecule has 0 aliphatic heterocycles. The van der Waals surface area contributed by atoms with Crippen LogP contribution in [0.1, 0.15) is 12.5 Å². The smallest absolute Gasteiger partial charge is 0.198 e. The lowest BCUT2D eigenvalue weighted by Gasteiger charge is -2.10. The minimum atomic E-state index is -2.16. The van der Waals surface area contributed by atoms with Crippen LogP contribution in [0.3, 0.4) is 0 Å². The Morgan fingerprint density at radius 3 is 1.72 bits per heavy atom. The fraction of sp³-hybridized carbons (Fsp3) is 0.167. The first kappa shape index (κ1) is 12.7. The molecule has 0 heterocycles. The first-order chi connectivity index (χ1) is 8.40. The number of hydrogen-bond donors (Lipinski definition) is 0. The van der Waals surface area contributed by atoms with Crippen molar-refractivity contribution in [3.63, 3.8) is 0 Å². The Bertz CT molecular complexity index is 647. The number of halogens is 6. The summed E-state index contributed by atoms with van der Waals surface area (Å²) in [5.41, 5.74) is -0.140. The molecule has 0 radical (unpaired) electrons. The lowest BCUT2D eigenvalue weighted by molar-refractivity contribution is 0.414. The van der Waals surface area contributed by atoms with E-state index in [-0.39, 0.29) is 12.0 Å². The summed E-state index contributed by atoms with van der Waals surface area (Å²) in [6, 6.07) is 0.636. The highest BCUT2D eigenvalue weighted by atomic mass is 19.2. The van der Waals surface area contributed by atoms with Gasteiger partial charge in [-0.05, 0) is 18.1 Å². The first-order valence-corrected chi connectivity index (χ1v) is 5.02. The summed E-state index contributed by atoms with van der Waals surface area (Å²) in [6.45, 7) is 1.46. The molecule has 0 aliphatic carbocycles. The Kier molecular flexibility index (Phi) is 2.96. The Morgan fingerprint density at radius 1 is 0.722 bits per heavy atom. The van der Waals surface area contributed by atoms with Crippen LogP contribution < -0.4 is 0 Å². The second-order valence-corrected chi connectivity index (χ2v) is 3.69. The summed E-state index contributed by atoms with van der Waals surface area (Å²) >= 11 is 0. The third-order valence-corrected chi connectivity index (χ3v) is 2.70. The molecule has 2 rings (SSSR count). The molecule has 6 heteroatoms. The normalized spacial score (nSPS) is 11.3. The molecule has 18 heavy (non-hydrogen) atoms. The number of fused-ring (bicyclic) bond motifs is 1. The van der Waals surface area contributed by atoms with Gasteiger partial charge in [0.2, 0.25) is 0 Å². The molecular weight excluding hydrogens is 258 g/mol. The Hall–Kier alpha value is -1.72. The van der Waals surface area contributed by atoms with E-state index in [0.29, 0.717) is 6.07 Å². The quantitative estimate of drug-likeness (QED) is 0.410. The van der Waals surface area contributed by atoms with Crippen LogP contribution in [0.4, 0.5) is 26.3 Å². The average Bonchev–Trinajstić information content (AvgIpc) is 2.36. The van der Waals surface area contributed by atoms with Gasteiger partial charge in [-0.25, -0.2) is 26.3 Å². The number of hydrogen-bond acceptors (Lipinski definition) is 0. The summed E-state index contributed by atoms with van der Waals surface area (Å²) in [6.07, 6.45) is 0.00906. The van der Waals surface area contributed by atoms with E-state index in [4.69, 9.17) is 0 Å².